The van der Waals surface area contributed by atoms with E-state index in [0.29, 0.717) is 39.6 Å². The molecule has 26 heavy (non-hydrogen) atoms. The van der Waals surface area contributed by atoms with Crippen LogP contribution in [0.1, 0.15) is 5.56 Å². The predicted octanol–water partition coefficient (Wildman–Crippen LogP) is 2.68. The fourth-order valence-corrected chi connectivity index (χ4v) is 2.13. The maximum atomic E-state index is 8.56. The first-order valence-corrected chi connectivity index (χ1v) is 8.57. The topological polar surface area (TPSA) is 66.4 Å². The van der Waals surface area contributed by atoms with Gasteiger partial charge in [0.25, 0.3) is 0 Å². The van der Waals surface area contributed by atoms with Gasteiger partial charge >= 0.3 is 0 Å². The van der Waals surface area contributed by atoms with Crippen molar-refractivity contribution in [3.8, 4) is 17.2 Å². The van der Waals surface area contributed by atoms with Gasteiger partial charge in [-0.25, -0.2) is 0 Å². The minimum atomic E-state index is 0.0307. The summed E-state index contributed by atoms with van der Waals surface area (Å²) in [5.74, 6) is 2.38. The van der Waals surface area contributed by atoms with Gasteiger partial charge in [0.15, 0.2) is 0 Å². The maximum Gasteiger partial charge on any atom is 0.120 e. The van der Waals surface area contributed by atoms with E-state index in [1.807, 2.05) is 48.5 Å². The van der Waals surface area contributed by atoms with E-state index in [1.165, 1.54) is 0 Å². The third-order valence-corrected chi connectivity index (χ3v) is 3.49. The Morgan fingerprint density at radius 3 is 1.81 bits per heavy atom. The van der Waals surface area contributed by atoms with Gasteiger partial charge < -0.3 is 28.8 Å². The van der Waals surface area contributed by atoms with E-state index in [9.17, 15) is 0 Å². The molecule has 0 radical (unpaired) electrons. The Morgan fingerprint density at radius 2 is 1.19 bits per heavy atom. The molecule has 6 nitrogen and oxygen atoms in total. The minimum absolute atomic E-state index is 0.0307. The molecule has 6 heteroatoms. The largest absolute Gasteiger partial charge is 0.497 e. The summed E-state index contributed by atoms with van der Waals surface area (Å²) in [6.07, 6.45) is 0. The van der Waals surface area contributed by atoms with Crippen LogP contribution in [-0.2, 0) is 16.1 Å². The Kier molecular flexibility index (Phi) is 9.35. The highest BCUT2D eigenvalue weighted by Crippen LogP contribution is 2.19. The molecule has 0 bridgehead atoms. The zero-order valence-corrected chi connectivity index (χ0v) is 15.1. The number of hydrogen-bond donors (Lipinski definition) is 1. The average molecular weight is 362 g/mol. The highest BCUT2D eigenvalue weighted by atomic mass is 16.5. The zero-order chi connectivity index (χ0) is 18.5. The number of benzene rings is 2. The van der Waals surface area contributed by atoms with Crippen molar-refractivity contribution < 1.29 is 28.8 Å². The average Bonchev–Trinajstić information content (AvgIpc) is 2.69. The van der Waals surface area contributed by atoms with Crippen LogP contribution in [0, 0.1) is 0 Å². The number of hydrogen-bond acceptors (Lipinski definition) is 6. The molecule has 0 heterocycles. The van der Waals surface area contributed by atoms with Crippen LogP contribution in [0.5, 0.6) is 17.2 Å². The lowest BCUT2D eigenvalue weighted by molar-refractivity contribution is 0.0247. The molecule has 2 aromatic rings. The molecule has 0 saturated heterocycles. The lowest BCUT2D eigenvalue weighted by atomic mass is 10.2. The highest BCUT2D eigenvalue weighted by molar-refractivity contribution is 5.32. The SMILES string of the molecule is COc1ccc(COc2ccc(OCCOCCOCCO)cc2)cc1. The number of ether oxygens (including phenoxy) is 5. The van der Waals surface area contributed by atoms with Crippen molar-refractivity contribution in [2.75, 3.05) is 46.8 Å². The van der Waals surface area contributed by atoms with E-state index in [0.717, 1.165) is 22.8 Å². The number of aliphatic hydroxyl groups is 1. The summed E-state index contributed by atoms with van der Waals surface area (Å²) >= 11 is 0. The van der Waals surface area contributed by atoms with Gasteiger partial charge in [-0.3, -0.25) is 0 Å². The molecule has 0 saturated carbocycles. The van der Waals surface area contributed by atoms with Crippen LogP contribution >= 0.6 is 0 Å². The summed E-state index contributed by atoms with van der Waals surface area (Å²) in [6.45, 7) is 2.78. The fraction of sp³-hybridized carbons (Fsp3) is 0.400. The summed E-state index contributed by atoms with van der Waals surface area (Å²) in [4.78, 5) is 0. The molecule has 2 rings (SSSR count). The van der Waals surface area contributed by atoms with Crippen LogP contribution in [0.2, 0.25) is 0 Å². The second-order valence-electron chi connectivity index (χ2n) is 5.40. The first-order chi connectivity index (χ1) is 12.8. The van der Waals surface area contributed by atoms with Crippen molar-refractivity contribution in [3.05, 3.63) is 54.1 Å². The fourth-order valence-electron chi connectivity index (χ4n) is 2.13. The maximum absolute atomic E-state index is 8.56. The van der Waals surface area contributed by atoms with Crippen molar-refractivity contribution in [1.82, 2.24) is 0 Å². The molecular formula is C20H26O6. The summed E-state index contributed by atoms with van der Waals surface area (Å²) in [6, 6.07) is 15.3. The number of aliphatic hydroxyl groups excluding tert-OH is 1. The first kappa shape index (κ1) is 20.0. The third-order valence-electron chi connectivity index (χ3n) is 3.49. The Labute approximate surface area is 154 Å². The van der Waals surface area contributed by atoms with Crippen molar-refractivity contribution in [2.45, 2.75) is 6.61 Å². The lowest BCUT2D eigenvalue weighted by Crippen LogP contribution is -2.11. The van der Waals surface area contributed by atoms with Crippen LogP contribution in [0.3, 0.4) is 0 Å². The Balaban J connectivity index is 1.61. The summed E-state index contributed by atoms with van der Waals surface area (Å²) in [5, 5.41) is 8.56. The normalized spacial score (nSPS) is 10.5. The molecular weight excluding hydrogens is 336 g/mol. The summed E-state index contributed by atoms with van der Waals surface area (Å²) < 4.78 is 27.0. The molecule has 0 atom stereocenters. The van der Waals surface area contributed by atoms with Gasteiger partial charge in [-0.05, 0) is 42.0 Å². The summed E-state index contributed by atoms with van der Waals surface area (Å²) in [7, 11) is 1.65. The third kappa shape index (κ3) is 7.74. The van der Waals surface area contributed by atoms with E-state index in [1.54, 1.807) is 7.11 Å². The predicted molar refractivity (Wildman–Crippen MR) is 98.0 cm³/mol. The van der Waals surface area contributed by atoms with Crippen molar-refractivity contribution in [1.29, 1.82) is 0 Å². The van der Waals surface area contributed by atoms with Gasteiger partial charge in [0.05, 0.1) is 40.1 Å². The highest BCUT2D eigenvalue weighted by Gasteiger charge is 1.99. The van der Waals surface area contributed by atoms with Crippen molar-refractivity contribution >= 4 is 0 Å². The zero-order valence-electron chi connectivity index (χ0n) is 15.1. The van der Waals surface area contributed by atoms with Gasteiger partial charge in [-0.2, -0.15) is 0 Å². The van der Waals surface area contributed by atoms with Gasteiger partial charge in [0.1, 0.15) is 30.5 Å². The molecule has 0 aliphatic heterocycles. The molecule has 142 valence electrons. The van der Waals surface area contributed by atoms with Crippen molar-refractivity contribution in [2.24, 2.45) is 0 Å². The Bertz CT molecular complexity index is 597. The lowest BCUT2D eigenvalue weighted by Gasteiger charge is -2.10. The second kappa shape index (κ2) is 12.1. The van der Waals surface area contributed by atoms with Crippen molar-refractivity contribution in [3.63, 3.8) is 0 Å². The van der Waals surface area contributed by atoms with E-state index >= 15 is 0 Å². The van der Waals surface area contributed by atoms with Crippen LogP contribution in [0.15, 0.2) is 48.5 Å². The molecule has 0 aliphatic carbocycles. The number of rotatable bonds is 13. The van der Waals surface area contributed by atoms with Crippen LogP contribution in [0.25, 0.3) is 0 Å². The smallest absolute Gasteiger partial charge is 0.120 e. The van der Waals surface area contributed by atoms with Gasteiger partial charge in [0.2, 0.25) is 0 Å². The minimum Gasteiger partial charge on any atom is -0.497 e. The molecule has 0 spiro atoms. The quantitative estimate of drug-likeness (QED) is 0.553. The van der Waals surface area contributed by atoms with Crippen LogP contribution in [0.4, 0.5) is 0 Å². The van der Waals surface area contributed by atoms with E-state index in [4.69, 9.17) is 28.8 Å². The number of methoxy groups -OCH3 is 1. The van der Waals surface area contributed by atoms with Gasteiger partial charge in [0, 0.05) is 0 Å². The molecule has 1 N–H and O–H groups in total. The Morgan fingerprint density at radius 1 is 0.654 bits per heavy atom. The molecule has 0 fully saturated rings. The monoisotopic (exact) mass is 362 g/mol. The molecule has 0 unspecified atom stereocenters. The van der Waals surface area contributed by atoms with Crippen LogP contribution in [-0.4, -0.2) is 51.9 Å². The second-order valence-corrected chi connectivity index (χ2v) is 5.40. The first-order valence-electron chi connectivity index (χ1n) is 8.57. The van der Waals surface area contributed by atoms with E-state index < -0.39 is 0 Å². The standard InChI is InChI=1S/C20H26O6/c1-22-18-4-2-17(3-5-18)16-26-20-8-6-19(7-9-20)25-15-14-24-13-12-23-11-10-21/h2-9,21H,10-16H2,1H3. The Hall–Kier alpha value is -2.28. The van der Waals surface area contributed by atoms with E-state index in [-0.39, 0.29) is 6.61 Å². The molecule has 0 aromatic heterocycles. The molecule has 0 aliphatic rings. The van der Waals surface area contributed by atoms with Crippen LogP contribution < -0.4 is 14.2 Å². The summed E-state index contributed by atoms with van der Waals surface area (Å²) in [5.41, 5.74) is 1.08. The van der Waals surface area contributed by atoms with Gasteiger partial charge in [-0.15, -0.1) is 0 Å². The van der Waals surface area contributed by atoms with Gasteiger partial charge in [-0.1, -0.05) is 12.1 Å². The molecule has 0 amide bonds. The van der Waals surface area contributed by atoms with E-state index in [2.05, 4.69) is 0 Å². The molecule has 2 aromatic carbocycles.